The number of hydrogen-bond acceptors (Lipinski definition) is 3. The number of carbonyl (C=O) groups excluding carboxylic acids is 2. The van der Waals surface area contributed by atoms with E-state index in [-0.39, 0.29) is 17.9 Å². The average molecular weight is 460 g/mol. The summed E-state index contributed by atoms with van der Waals surface area (Å²) in [5.74, 6) is 1.11. The van der Waals surface area contributed by atoms with Gasteiger partial charge in [0.15, 0.2) is 0 Å². The summed E-state index contributed by atoms with van der Waals surface area (Å²) in [6, 6.07) is 15.5. The largest absolute Gasteiger partial charge is 0.330 e. The average Bonchev–Trinajstić information content (AvgIpc) is 3.28. The third-order valence-electron chi connectivity index (χ3n) is 6.16. The smallest absolute Gasteiger partial charge is 0.321 e. The summed E-state index contributed by atoms with van der Waals surface area (Å²) in [6.45, 7) is 8.02. The number of urea groups is 1. The molecule has 1 aromatic heterocycles. The van der Waals surface area contributed by atoms with Gasteiger partial charge in [0.1, 0.15) is 5.82 Å². The van der Waals surface area contributed by atoms with Crippen molar-refractivity contribution in [3.8, 4) is 0 Å². The van der Waals surface area contributed by atoms with Crippen molar-refractivity contribution in [1.29, 1.82) is 0 Å². The van der Waals surface area contributed by atoms with E-state index in [4.69, 9.17) is 0 Å². The van der Waals surface area contributed by atoms with Crippen molar-refractivity contribution in [3.05, 3.63) is 77.9 Å². The highest BCUT2D eigenvalue weighted by atomic mass is 16.2. The van der Waals surface area contributed by atoms with Gasteiger partial charge in [0.25, 0.3) is 0 Å². The van der Waals surface area contributed by atoms with Gasteiger partial charge in [0.2, 0.25) is 5.91 Å². The molecule has 7 nitrogen and oxygen atoms in total. The molecule has 0 spiro atoms. The van der Waals surface area contributed by atoms with E-state index in [2.05, 4.69) is 40.1 Å². The Balaban J connectivity index is 1.36. The maximum absolute atomic E-state index is 13.0. The lowest BCUT2D eigenvalue weighted by Crippen LogP contribution is -2.45. The van der Waals surface area contributed by atoms with Crippen LogP contribution < -0.4 is 10.6 Å². The predicted molar refractivity (Wildman–Crippen MR) is 135 cm³/mol. The van der Waals surface area contributed by atoms with Crippen LogP contribution in [0.1, 0.15) is 49.6 Å². The minimum atomic E-state index is -0.234. The van der Waals surface area contributed by atoms with Crippen LogP contribution in [0.25, 0.3) is 0 Å². The van der Waals surface area contributed by atoms with Crippen molar-refractivity contribution >= 4 is 23.3 Å². The lowest BCUT2D eigenvalue weighted by molar-refractivity contribution is -0.121. The zero-order chi connectivity index (χ0) is 24.1. The molecule has 7 heteroatoms. The molecule has 1 aliphatic heterocycles. The number of rotatable bonds is 6. The van der Waals surface area contributed by atoms with E-state index in [1.807, 2.05) is 61.8 Å². The second-order valence-corrected chi connectivity index (χ2v) is 9.34. The van der Waals surface area contributed by atoms with Gasteiger partial charge >= 0.3 is 6.03 Å². The van der Waals surface area contributed by atoms with Gasteiger partial charge in [-0.2, -0.15) is 0 Å². The van der Waals surface area contributed by atoms with Crippen molar-refractivity contribution in [2.75, 3.05) is 23.7 Å². The number of anilines is 2. The van der Waals surface area contributed by atoms with E-state index in [9.17, 15) is 9.59 Å². The van der Waals surface area contributed by atoms with Crippen LogP contribution >= 0.6 is 0 Å². The molecule has 3 amide bonds. The normalized spacial score (nSPS) is 15.9. The molecule has 2 aromatic carbocycles. The number of aromatic nitrogens is 2. The van der Waals surface area contributed by atoms with Gasteiger partial charge in [0.05, 0.1) is 5.92 Å². The maximum Gasteiger partial charge on any atom is 0.321 e. The van der Waals surface area contributed by atoms with Gasteiger partial charge in [0, 0.05) is 49.3 Å². The first-order valence-electron chi connectivity index (χ1n) is 11.9. The van der Waals surface area contributed by atoms with E-state index < -0.39 is 0 Å². The number of aryl methyl sites for hydroxylation is 1. The summed E-state index contributed by atoms with van der Waals surface area (Å²) in [5.41, 5.74) is 3.73. The number of benzene rings is 2. The zero-order valence-corrected chi connectivity index (χ0v) is 20.1. The summed E-state index contributed by atoms with van der Waals surface area (Å²) in [4.78, 5) is 32.0. The minimum absolute atomic E-state index is 0.0456. The Morgan fingerprint density at radius 2 is 1.85 bits per heavy atom. The van der Waals surface area contributed by atoms with Crippen LogP contribution in [0.2, 0.25) is 0 Å². The molecule has 0 radical (unpaired) electrons. The summed E-state index contributed by atoms with van der Waals surface area (Å²) >= 11 is 0. The Hall–Kier alpha value is -3.61. The molecule has 1 atom stereocenters. The lowest BCUT2D eigenvalue weighted by atomic mass is 9.97. The highest BCUT2D eigenvalue weighted by molar-refractivity contribution is 5.94. The van der Waals surface area contributed by atoms with Gasteiger partial charge in [-0.15, -0.1) is 0 Å². The van der Waals surface area contributed by atoms with Gasteiger partial charge in [-0.25, -0.2) is 9.78 Å². The first-order chi connectivity index (χ1) is 16.4. The monoisotopic (exact) mass is 459 g/mol. The fraction of sp³-hybridized carbons (Fsp3) is 0.370. The zero-order valence-electron chi connectivity index (χ0n) is 20.1. The minimum Gasteiger partial charge on any atom is -0.330 e. The molecule has 4 rings (SSSR count). The van der Waals surface area contributed by atoms with Gasteiger partial charge in [-0.1, -0.05) is 38.1 Å². The third kappa shape index (κ3) is 5.84. The van der Waals surface area contributed by atoms with Crippen LogP contribution in [0.5, 0.6) is 0 Å². The highest BCUT2D eigenvalue weighted by Crippen LogP contribution is 2.21. The molecule has 3 aromatic rings. The number of nitrogens with zero attached hydrogens (tertiary/aromatic N) is 3. The van der Waals surface area contributed by atoms with Gasteiger partial charge in [-0.3, -0.25) is 4.79 Å². The van der Waals surface area contributed by atoms with E-state index in [0.29, 0.717) is 25.6 Å². The molecule has 0 bridgehead atoms. The van der Waals surface area contributed by atoms with Gasteiger partial charge < -0.3 is 20.1 Å². The first-order valence-corrected chi connectivity index (χ1v) is 11.9. The molecule has 1 unspecified atom stereocenters. The molecular formula is C27H33N5O2. The topological polar surface area (TPSA) is 79.3 Å². The number of amides is 3. The third-order valence-corrected chi connectivity index (χ3v) is 6.16. The predicted octanol–water partition coefficient (Wildman–Crippen LogP) is 5.25. The Morgan fingerprint density at radius 1 is 1.09 bits per heavy atom. The Bertz CT molecular complexity index is 1150. The fourth-order valence-corrected chi connectivity index (χ4v) is 4.44. The van der Waals surface area contributed by atoms with Crippen molar-refractivity contribution < 1.29 is 9.59 Å². The molecule has 2 N–H and O–H groups in total. The number of likely N-dealkylation sites (tertiary alicyclic amines) is 1. The molecule has 0 aliphatic carbocycles. The Labute approximate surface area is 201 Å². The van der Waals surface area contributed by atoms with Crippen LogP contribution in [-0.4, -0.2) is 39.5 Å². The van der Waals surface area contributed by atoms with Crippen LogP contribution in [-0.2, 0) is 11.3 Å². The van der Waals surface area contributed by atoms with E-state index >= 15 is 0 Å². The molecule has 2 heterocycles. The lowest BCUT2D eigenvalue weighted by Gasteiger charge is -2.32. The van der Waals surface area contributed by atoms with Crippen molar-refractivity contribution in [2.45, 2.75) is 46.1 Å². The molecule has 178 valence electrons. The molecule has 0 saturated carbocycles. The number of imidazole rings is 1. The molecule has 1 saturated heterocycles. The second-order valence-electron chi connectivity index (χ2n) is 9.34. The second kappa shape index (κ2) is 10.5. The van der Waals surface area contributed by atoms with Crippen molar-refractivity contribution in [3.63, 3.8) is 0 Å². The van der Waals surface area contributed by atoms with Crippen LogP contribution in [0.4, 0.5) is 16.2 Å². The van der Waals surface area contributed by atoms with E-state index in [0.717, 1.165) is 41.2 Å². The summed E-state index contributed by atoms with van der Waals surface area (Å²) in [7, 11) is 0. The Kier molecular flexibility index (Phi) is 7.30. The molecule has 1 fully saturated rings. The van der Waals surface area contributed by atoms with Gasteiger partial charge in [-0.05, 0) is 55.2 Å². The van der Waals surface area contributed by atoms with Crippen molar-refractivity contribution in [1.82, 2.24) is 14.5 Å². The molecular weight excluding hydrogens is 426 g/mol. The summed E-state index contributed by atoms with van der Waals surface area (Å²) < 4.78 is 2.14. The Morgan fingerprint density at radius 3 is 2.62 bits per heavy atom. The van der Waals surface area contributed by atoms with Crippen LogP contribution in [0.3, 0.4) is 0 Å². The number of piperidine rings is 1. The highest BCUT2D eigenvalue weighted by Gasteiger charge is 2.28. The number of carbonyl (C=O) groups is 2. The first kappa shape index (κ1) is 23.5. The summed E-state index contributed by atoms with van der Waals surface area (Å²) in [6.07, 6.45) is 5.38. The standard InChI is InChI=1S/C27H33N5O2/c1-19(2)25-28-12-14-31(25)17-21-8-5-11-24(16-21)29-26(33)22-9-6-13-32(18-22)27(34)30-23-10-4-7-20(3)15-23/h4-5,7-8,10-12,14-16,19,22H,6,9,13,17-18H2,1-3H3,(H,29,33)(H,30,34). The van der Waals surface area contributed by atoms with Crippen LogP contribution in [0, 0.1) is 12.8 Å². The number of nitrogens with one attached hydrogen (secondary N) is 2. The van der Waals surface area contributed by atoms with Crippen LogP contribution in [0.15, 0.2) is 60.9 Å². The SMILES string of the molecule is Cc1cccc(NC(=O)N2CCCC(C(=O)Nc3cccc(Cn4ccnc4C(C)C)c3)C2)c1. The number of hydrogen-bond donors (Lipinski definition) is 2. The molecule has 34 heavy (non-hydrogen) atoms. The maximum atomic E-state index is 13.0. The molecule has 1 aliphatic rings. The van der Waals surface area contributed by atoms with E-state index in [1.165, 1.54) is 0 Å². The fourth-order valence-electron chi connectivity index (χ4n) is 4.44. The van der Waals surface area contributed by atoms with Crippen molar-refractivity contribution in [2.24, 2.45) is 5.92 Å². The van der Waals surface area contributed by atoms with E-state index in [1.54, 1.807) is 4.90 Å². The summed E-state index contributed by atoms with van der Waals surface area (Å²) in [5, 5.41) is 6.01. The quantitative estimate of drug-likeness (QED) is 0.529.